The van der Waals surface area contributed by atoms with Gasteiger partial charge < -0.3 is 10.5 Å². The van der Waals surface area contributed by atoms with Crippen LogP contribution >= 0.6 is 0 Å². The van der Waals surface area contributed by atoms with E-state index in [1.807, 2.05) is 0 Å². The van der Waals surface area contributed by atoms with Gasteiger partial charge in [0.2, 0.25) is 0 Å². The van der Waals surface area contributed by atoms with Crippen molar-refractivity contribution in [3.63, 3.8) is 0 Å². The standard InChI is InChI=1S/C15H16FNO3S/c1-10(17)11-3-8-15(14(16)9-11)20-12-4-6-13(7-5-12)21(2,18)19/h3-10H,17H2,1-2H3/t10-/m1/s1. The van der Waals surface area contributed by atoms with E-state index in [1.54, 1.807) is 13.0 Å². The molecule has 0 saturated carbocycles. The van der Waals surface area contributed by atoms with Gasteiger partial charge in [-0.05, 0) is 48.9 Å². The Morgan fingerprint density at radius 1 is 1.14 bits per heavy atom. The monoisotopic (exact) mass is 309 g/mol. The van der Waals surface area contributed by atoms with Crippen molar-refractivity contribution < 1.29 is 17.5 Å². The molecular formula is C15H16FNO3S. The lowest BCUT2D eigenvalue weighted by Crippen LogP contribution is -2.05. The summed E-state index contributed by atoms with van der Waals surface area (Å²) in [5.41, 5.74) is 6.35. The number of sulfone groups is 1. The molecule has 2 aromatic rings. The average molecular weight is 309 g/mol. The molecule has 0 heterocycles. The van der Waals surface area contributed by atoms with Crippen LogP contribution in [0.15, 0.2) is 47.4 Å². The van der Waals surface area contributed by atoms with Gasteiger partial charge in [-0.3, -0.25) is 0 Å². The average Bonchev–Trinajstić information content (AvgIpc) is 2.40. The fourth-order valence-corrected chi connectivity index (χ4v) is 2.40. The highest BCUT2D eigenvalue weighted by Crippen LogP contribution is 2.27. The van der Waals surface area contributed by atoms with Crippen molar-refractivity contribution in [2.45, 2.75) is 17.9 Å². The third-order valence-corrected chi connectivity index (χ3v) is 4.09. The van der Waals surface area contributed by atoms with Gasteiger partial charge in [0.25, 0.3) is 0 Å². The second-order valence-corrected chi connectivity index (χ2v) is 6.84. The van der Waals surface area contributed by atoms with Crippen LogP contribution in [0.4, 0.5) is 4.39 Å². The van der Waals surface area contributed by atoms with Gasteiger partial charge in [0.1, 0.15) is 5.75 Å². The summed E-state index contributed by atoms with van der Waals surface area (Å²) in [6.45, 7) is 1.76. The summed E-state index contributed by atoms with van der Waals surface area (Å²) in [7, 11) is -3.26. The van der Waals surface area contributed by atoms with Crippen LogP contribution in [0.25, 0.3) is 0 Å². The Balaban J connectivity index is 2.22. The molecule has 0 radical (unpaired) electrons. The quantitative estimate of drug-likeness (QED) is 0.942. The minimum Gasteiger partial charge on any atom is -0.454 e. The van der Waals surface area contributed by atoms with E-state index < -0.39 is 15.7 Å². The van der Waals surface area contributed by atoms with Gasteiger partial charge in [0.15, 0.2) is 21.4 Å². The highest BCUT2D eigenvalue weighted by molar-refractivity contribution is 7.90. The predicted molar refractivity (Wildman–Crippen MR) is 78.6 cm³/mol. The van der Waals surface area contributed by atoms with E-state index >= 15 is 0 Å². The van der Waals surface area contributed by atoms with Crippen LogP contribution in [0.3, 0.4) is 0 Å². The highest BCUT2D eigenvalue weighted by atomic mass is 32.2. The summed E-state index contributed by atoms with van der Waals surface area (Å²) in [6, 6.07) is 10.0. The number of nitrogens with two attached hydrogens (primary N) is 1. The van der Waals surface area contributed by atoms with Crippen LogP contribution < -0.4 is 10.5 Å². The second kappa shape index (κ2) is 5.83. The van der Waals surface area contributed by atoms with Crippen molar-refractivity contribution >= 4 is 9.84 Å². The molecule has 4 nitrogen and oxygen atoms in total. The maximum Gasteiger partial charge on any atom is 0.175 e. The van der Waals surface area contributed by atoms with Crippen molar-refractivity contribution in [1.82, 2.24) is 0 Å². The first-order valence-electron chi connectivity index (χ1n) is 6.30. The van der Waals surface area contributed by atoms with Crippen molar-refractivity contribution in [2.75, 3.05) is 6.26 Å². The smallest absolute Gasteiger partial charge is 0.175 e. The summed E-state index contributed by atoms with van der Waals surface area (Å²) in [5, 5.41) is 0. The van der Waals surface area contributed by atoms with Crippen LogP contribution in [0.5, 0.6) is 11.5 Å². The molecule has 21 heavy (non-hydrogen) atoms. The van der Waals surface area contributed by atoms with E-state index in [1.165, 1.54) is 36.4 Å². The third kappa shape index (κ3) is 3.80. The van der Waals surface area contributed by atoms with Crippen LogP contribution in [-0.2, 0) is 9.84 Å². The summed E-state index contributed by atoms with van der Waals surface area (Å²) >= 11 is 0. The first kappa shape index (κ1) is 15.5. The number of halogens is 1. The molecule has 0 aliphatic heterocycles. The Morgan fingerprint density at radius 2 is 1.76 bits per heavy atom. The molecule has 0 amide bonds. The molecule has 2 N–H and O–H groups in total. The Bertz CT molecular complexity index is 740. The molecule has 2 rings (SSSR count). The number of benzene rings is 2. The molecule has 6 heteroatoms. The molecule has 0 aromatic heterocycles. The fraction of sp³-hybridized carbons (Fsp3) is 0.200. The van der Waals surface area contributed by atoms with Gasteiger partial charge in [0.05, 0.1) is 4.90 Å². The number of rotatable bonds is 4. The summed E-state index contributed by atoms with van der Waals surface area (Å²) in [5.74, 6) is -0.0988. The number of hydrogen-bond acceptors (Lipinski definition) is 4. The Hall–Kier alpha value is -1.92. The molecule has 0 saturated heterocycles. The van der Waals surface area contributed by atoms with Gasteiger partial charge in [-0.2, -0.15) is 0 Å². The molecule has 2 aromatic carbocycles. The highest BCUT2D eigenvalue weighted by Gasteiger charge is 2.10. The van der Waals surface area contributed by atoms with Gasteiger partial charge in [0, 0.05) is 12.3 Å². The summed E-state index contributed by atoms with van der Waals surface area (Å²) < 4.78 is 42.0. The van der Waals surface area contributed by atoms with Gasteiger partial charge in [-0.15, -0.1) is 0 Å². The van der Waals surface area contributed by atoms with E-state index in [4.69, 9.17) is 10.5 Å². The third-order valence-electron chi connectivity index (χ3n) is 2.96. The van der Waals surface area contributed by atoms with Gasteiger partial charge in [-0.25, -0.2) is 12.8 Å². The molecule has 0 aliphatic rings. The number of hydrogen-bond donors (Lipinski definition) is 1. The molecule has 112 valence electrons. The molecular weight excluding hydrogens is 293 g/mol. The van der Waals surface area contributed by atoms with Crippen LogP contribution in [0.2, 0.25) is 0 Å². The van der Waals surface area contributed by atoms with E-state index in [0.717, 1.165) is 6.26 Å². The van der Waals surface area contributed by atoms with Gasteiger partial charge in [-0.1, -0.05) is 6.07 Å². The normalized spacial score (nSPS) is 13.0. The molecule has 1 atom stereocenters. The molecule has 0 bridgehead atoms. The van der Waals surface area contributed by atoms with Gasteiger partial charge >= 0.3 is 0 Å². The van der Waals surface area contributed by atoms with Crippen molar-refractivity contribution in [3.8, 4) is 11.5 Å². The Kier molecular flexibility index (Phi) is 4.29. The lowest BCUT2D eigenvalue weighted by atomic mass is 10.1. The molecule has 0 unspecified atom stereocenters. The lowest BCUT2D eigenvalue weighted by Gasteiger charge is -2.10. The van der Waals surface area contributed by atoms with E-state index in [9.17, 15) is 12.8 Å². The van der Waals surface area contributed by atoms with E-state index in [-0.39, 0.29) is 16.7 Å². The fourth-order valence-electron chi connectivity index (χ4n) is 1.76. The Morgan fingerprint density at radius 3 is 2.24 bits per heavy atom. The first-order chi connectivity index (χ1) is 9.77. The SMILES string of the molecule is C[C@@H](N)c1ccc(Oc2ccc(S(C)(=O)=O)cc2)c(F)c1. The summed E-state index contributed by atoms with van der Waals surface area (Å²) in [6.07, 6.45) is 1.12. The zero-order chi connectivity index (χ0) is 15.6. The second-order valence-electron chi connectivity index (χ2n) is 4.82. The van der Waals surface area contributed by atoms with E-state index in [0.29, 0.717) is 11.3 Å². The predicted octanol–water partition coefficient (Wildman–Crippen LogP) is 3.04. The maximum absolute atomic E-state index is 13.9. The molecule has 0 fully saturated rings. The summed E-state index contributed by atoms with van der Waals surface area (Å²) in [4.78, 5) is 0.183. The zero-order valence-electron chi connectivity index (χ0n) is 11.7. The van der Waals surface area contributed by atoms with Crippen LogP contribution in [0, 0.1) is 5.82 Å². The lowest BCUT2D eigenvalue weighted by molar-refractivity contribution is 0.441. The minimum absolute atomic E-state index is 0.0616. The first-order valence-corrected chi connectivity index (χ1v) is 8.19. The Labute approximate surface area is 123 Å². The molecule has 0 aliphatic carbocycles. The van der Waals surface area contributed by atoms with Crippen LogP contribution in [0.1, 0.15) is 18.5 Å². The number of ether oxygens (including phenoxy) is 1. The maximum atomic E-state index is 13.9. The van der Waals surface area contributed by atoms with E-state index in [2.05, 4.69) is 0 Å². The zero-order valence-corrected chi connectivity index (χ0v) is 12.5. The molecule has 0 spiro atoms. The minimum atomic E-state index is -3.26. The topological polar surface area (TPSA) is 69.4 Å². The van der Waals surface area contributed by atoms with Crippen LogP contribution in [-0.4, -0.2) is 14.7 Å². The van der Waals surface area contributed by atoms with Crippen molar-refractivity contribution in [1.29, 1.82) is 0 Å². The van der Waals surface area contributed by atoms with Crippen molar-refractivity contribution in [2.24, 2.45) is 5.73 Å². The largest absolute Gasteiger partial charge is 0.454 e. The van der Waals surface area contributed by atoms with Crippen molar-refractivity contribution in [3.05, 3.63) is 53.8 Å².